The van der Waals surface area contributed by atoms with Gasteiger partial charge in [-0.05, 0) is 43.0 Å². The second kappa shape index (κ2) is 7.00. The third-order valence-electron chi connectivity index (χ3n) is 4.49. The zero-order chi connectivity index (χ0) is 17.2. The summed E-state index contributed by atoms with van der Waals surface area (Å²) in [5.74, 6) is 1.44. The van der Waals surface area contributed by atoms with Gasteiger partial charge < -0.3 is 4.57 Å². The first kappa shape index (κ1) is 16.3. The van der Waals surface area contributed by atoms with Crippen LogP contribution in [0.25, 0.3) is 0 Å². The molecule has 0 spiro atoms. The molecular formula is C20H20FN3S. The Kier molecular flexibility index (Phi) is 4.57. The van der Waals surface area contributed by atoms with Gasteiger partial charge in [0.15, 0.2) is 5.16 Å². The second-order valence-corrected chi connectivity index (χ2v) is 7.81. The van der Waals surface area contributed by atoms with Crippen LogP contribution < -0.4 is 0 Å². The highest BCUT2D eigenvalue weighted by atomic mass is 32.2. The quantitative estimate of drug-likeness (QED) is 0.571. The molecule has 0 aliphatic heterocycles. The highest BCUT2D eigenvalue weighted by Crippen LogP contribution is 2.42. The highest BCUT2D eigenvalue weighted by molar-refractivity contribution is 7.99. The molecule has 1 aliphatic carbocycles. The van der Waals surface area contributed by atoms with Crippen LogP contribution >= 0.6 is 11.8 Å². The Morgan fingerprint density at radius 3 is 2.48 bits per heavy atom. The van der Waals surface area contributed by atoms with Crippen LogP contribution in [0.1, 0.15) is 47.9 Å². The van der Waals surface area contributed by atoms with Gasteiger partial charge in [-0.15, -0.1) is 10.2 Å². The largest absolute Gasteiger partial charge is 0.301 e. The van der Waals surface area contributed by atoms with Gasteiger partial charge in [0.1, 0.15) is 11.6 Å². The molecule has 128 valence electrons. The first-order chi connectivity index (χ1) is 12.2. The maximum atomic E-state index is 13.1. The van der Waals surface area contributed by atoms with E-state index in [0.29, 0.717) is 5.92 Å². The van der Waals surface area contributed by atoms with Gasteiger partial charge in [0.05, 0.1) is 6.54 Å². The Morgan fingerprint density at radius 2 is 1.80 bits per heavy atom. The molecule has 1 unspecified atom stereocenters. The molecular weight excluding hydrogens is 333 g/mol. The molecule has 0 radical (unpaired) electrons. The van der Waals surface area contributed by atoms with Crippen molar-refractivity contribution in [3.8, 4) is 0 Å². The SMILES string of the molecule is CC(Sc1nnc(C2CC2)n1Cc1ccccc1)c1ccc(F)cc1. The summed E-state index contributed by atoms with van der Waals surface area (Å²) in [6, 6.07) is 17.1. The van der Waals surface area contributed by atoms with Crippen molar-refractivity contribution in [3.05, 3.63) is 77.4 Å². The Balaban J connectivity index is 1.59. The summed E-state index contributed by atoms with van der Waals surface area (Å²) in [5.41, 5.74) is 2.34. The van der Waals surface area contributed by atoms with Crippen LogP contribution in [0, 0.1) is 5.82 Å². The highest BCUT2D eigenvalue weighted by Gasteiger charge is 2.30. The van der Waals surface area contributed by atoms with E-state index in [1.165, 1.54) is 30.5 Å². The lowest BCUT2D eigenvalue weighted by molar-refractivity contribution is 0.627. The topological polar surface area (TPSA) is 30.7 Å². The van der Waals surface area contributed by atoms with Gasteiger partial charge in [-0.25, -0.2) is 4.39 Å². The molecule has 1 aromatic heterocycles. The molecule has 1 atom stereocenters. The van der Waals surface area contributed by atoms with Crippen molar-refractivity contribution in [2.24, 2.45) is 0 Å². The molecule has 0 amide bonds. The molecule has 1 fully saturated rings. The van der Waals surface area contributed by atoms with Crippen LogP contribution in [0.5, 0.6) is 0 Å². The fourth-order valence-corrected chi connectivity index (χ4v) is 3.89. The van der Waals surface area contributed by atoms with Crippen molar-refractivity contribution in [1.29, 1.82) is 0 Å². The van der Waals surface area contributed by atoms with E-state index in [0.717, 1.165) is 23.1 Å². The number of halogens is 1. The fourth-order valence-electron chi connectivity index (χ4n) is 2.91. The van der Waals surface area contributed by atoms with Crippen LogP contribution in [0.15, 0.2) is 59.8 Å². The number of thioether (sulfide) groups is 1. The van der Waals surface area contributed by atoms with Gasteiger partial charge in [0.2, 0.25) is 0 Å². The molecule has 3 aromatic rings. The van der Waals surface area contributed by atoms with Crippen LogP contribution in [-0.4, -0.2) is 14.8 Å². The van der Waals surface area contributed by atoms with E-state index < -0.39 is 0 Å². The maximum absolute atomic E-state index is 13.1. The molecule has 1 aliphatic rings. The molecule has 5 heteroatoms. The van der Waals surface area contributed by atoms with Crippen molar-refractivity contribution in [1.82, 2.24) is 14.8 Å². The van der Waals surface area contributed by atoms with E-state index in [2.05, 4.69) is 46.0 Å². The summed E-state index contributed by atoms with van der Waals surface area (Å²) < 4.78 is 15.4. The Labute approximate surface area is 151 Å². The fraction of sp³-hybridized carbons (Fsp3) is 0.300. The molecule has 0 N–H and O–H groups in total. The third kappa shape index (κ3) is 3.76. The van der Waals surface area contributed by atoms with Crippen LogP contribution in [-0.2, 0) is 6.54 Å². The van der Waals surface area contributed by atoms with Gasteiger partial charge in [-0.2, -0.15) is 0 Å². The van der Waals surface area contributed by atoms with E-state index in [-0.39, 0.29) is 11.1 Å². The van der Waals surface area contributed by atoms with Gasteiger partial charge in [-0.3, -0.25) is 0 Å². The number of nitrogens with zero attached hydrogens (tertiary/aromatic N) is 3. The summed E-state index contributed by atoms with van der Waals surface area (Å²) in [4.78, 5) is 0. The van der Waals surface area contributed by atoms with Gasteiger partial charge in [0, 0.05) is 11.2 Å². The van der Waals surface area contributed by atoms with Gasteiger partial charge >= 0.3 is 0 Å². The number of rotatable bonds is 6. The Hall–Kier alpha value is -2.14. The van der Waals surface area contributed by atoms with E-state index in [4.69, 9.17) is 0 Å². The van der Waals surface area contributed by atoms with Crippen molar-refractivity contribution in [3.63, 3.8) is 0 Å². The lowest BCUT2D eigenvalue weighted by atomic mass is 10.2. The summed E-state index contributed by atoms with van der Waals surface area (Å²) in [6.07, 6.45) is 2.40. The Morgan fingerprint density at radius 1 is 1.08 bits per heavy atom. The molecule has 25 heavy (non-hydrogen) atoms. The number of aromatic nitrogens is 3. The van der Waals surface area contributed by atoms with E-state index >= 15 is 0 Å². The standard InChI is InChI=1S/C20H20FN3S/c1-14(16-9-11-18(21)12-10-16)25-20-23-22-19(17-7-8-17)24(20)13-15-5-3-2-4-6-15/h2-6,9-12,14,17H,7-8,13H2,1H3. The van der Waals surface area contributed by atoms with E-state index in [9.17, 15) is 4.39 Å². The molecule has 4 rings (SSSR count). The monoisotopic (exact) mass is 353 g/mol. The van der Waals surface area contributed by atoms with Crippen molar-refractivity contribution >= 4 is 11.8 Å². The summed E-state index contributed by atoms with van der Waals surface area (Å²) in [6.45, 7) is 2.91. The molecule has 1 heterocycles. The first-order valence-corrected chi connectivity index (χ1v) is 9.48. The average molecular weight is 353 g/mol. The normalized spacial score (nSPS) is 15.3. The van der Waals surface area contributed by atoms with Crippen LogP contribution in [0.4, 0.5) is 4.39 Å². The van der Waals surface area contributed by atoms with E-state index in [1.54, 1.807) is 11.8 Å². The zero-order valence-electron chi connectivity index (χ0n) is 14.1. The summed E-state index contributed by atoms with van der Waals surface area (Å²) >= 11 is 1.68. The van der Waals surface area contributed by atoms with Crippen molar-refractivity contribution < 1.29 is 4.39 Å². The molecule has 3 nitrogen and oxygen atoms in total. The van der Waals surface area contributed by atoms with Crippen LogP contribution in [0.2, 0.25) is 0 Å². The smallest absolute Gasteiger partial charge is 0.192 e. The molecule has 2 aromatic carbocycles. The van der Waals surface area contributed by atoms with Gasteiger partial charge in [-0.1, -0.05) is 54.2 Å². The van der Waals surface area contributed by atoms with Crippen molar-refractivity contribution in [2.75, 3.05) is 0 Å². The Bertz CT molecular complexity index is 841. The summed E-state index contributed by atoms with van der Waals surface area (Å²) in [7, 11) is 0. The predicted molar refractivity (Wildman–Crippen MR) is 98.2 cm³/mol. The first-order valence-electron chi connectivity index (χ1n) is 8.60. The van der Waals surface area contributed by atoms with E-state index in [1.807, 2.05) is 18.2 Å². The number of hydrogen-bond acceptors (Lipinski definition) is 3. The second-order valence-electron chi connectivity index (χ2n) is 6.50. The number of hydrogen-bond donors (Lipinski definition) is 0. The minimum Gasteiger partial charge on any atom is -0.301 e. The lowest BCUT2D eigenvalue weighted by Crippen LogP contribution is -2.06. The van der Waals surface area contributed by atoms with Gasteiger partial charge in [0.25, 0.3) is 0 Å². The summed E-state index contributed by atoms with van der Waals surface area (Å²) in [5, 5.41) is 10.0. The molecule has 0 saturated heterocycles. The number of benzene rings is 2. The minimum atomic E-state index is -0.204. The zero-order valence-corrected chi connectivity index (χ0v) is 14.9. The molecule has 1 saturated carbocycles. The molecule has 0 bridgehead atoms. The minimum absolute atomic E-state index is 0.186. The van der Waals surface area contributed by atoms with Crippen molar-refractivity contribution in [2.45, 2.75) is 42.6 Å². The average Bonchev–Trinajstić information content (AvgIpc) is 3.40. The predicted octanol–water partition coefficient (Wildman–Crippen LogP) is 5.20. The lowest BCUT2D eigenvalue weighted by Gasteiger charge is -2.14. The van der Waals surface area contributed by atoms with Crippen LogP contribution in [0.3, 0.4) is 0 Å². The third-order valence-corrected chi connectivity index (χ3v) is 5.63. The maximum Gasteiger partial charge on any atom is 0.192 e.